The van der Waals surface area contributed by atoms with Gasteiger partial charge in [-0.1, -0.05) is 29.5 Å². The van der Waals surface area contributed by atoms with Gasteiger partial charge in [-0.25, -0.2) is 9.79 Å². The number of esters is 1. The summed E-state index contributed by atoms with van der Waals surface area (Å²) in [6.45, 7) is 2.11. The second-order valence-corrected chi connectivity index (χ2v) is 7.39. The van der Waals surface area contributed by atoms with Crippen molar-refractivity contribution in [3.05, 3.63) is 69.3 Å². The number of carbonyl (C=O) groups excluding carboxylic acids is 1. The zero-order valence-electron chi connectivity index (χ0n) is 16.0. The maximum absolute atomic E-state index is 11.8. The molecule has 3 aromatic rings. The molecule has 1 aliphatic rings. The van der Waals surface area contributed by atoms with Crippen LogP contribution in [0.25, 0.3) is 11.6 Å². The summed E-state index contributed by atoms with van der Waals surface area (Å²) < 4.78 is 6.62. The average Bonchev–Trinajstić information content (AvgIpc) is 3.26. The molecular weight excluding hydrogens is 386 g/mol. The molecule has 4 rings (SSSR count). The van der Waals surface area contributed by atoms with E-state index in [0.29, 0.717) is 27.5 Å². The molecule has 29 heavy (non-hydrogen) atoms. The van der Waals surface area contributed by atoms with Crippen LogP contribution in [-0.4, -0.2) is 28.5 Å². The van der Waals surface area contributed by atoms with E-state index in [9.17, 15) is 9.90 Å². The molecule has 0 amide bonds. The summed E-state index contributed by atoms with van der Waals surface area (Å²) in [5.41, 5.74) is 4.07. The SMILES string of the molecule is CCOC(=O)c1ccc(N=c2sc(/C=C3/C=Nc4ccccc43)c(O)n2C)cc1. The van der Waals surface area contributed by atoms with Crippen molar-refractivity contribution < 1.29 is 14.6 Å². The lowest BCUT2D eigenvalue weighted by molar-refractivity contribution is 0.0526. The number of rotatable bonds is 4. The molecule has 1 N–H and O–H groups in total. The van der Waals surface area contributed by atoms with Crippen LogP contribution in [0.5, 0.6) is 5.88 Å². The van der Waals surface area contributed by atoms with Crippen molar-refractivity contribution in [3.8, 4) is 5.88 Å². The molecule has 0 bridgehead atoms. The number of allylic oxidation sites excluding steroid dienone is 1. The predicted molar refractivity (Wildman–Crippen MR) is 115 cm³/mol. The van der Waals surface area contributed by atoms with Gasteiger partial charge in [-0.3, -0.25) is 9.56 Å². The van der Waals surface area contributed by atoms with Crippen molar-refractivity contribution in [2.45, 2.75) is 6.92 Å². The van der Waals surface area contributed by atoms with E-state index in [1.54, 1.807) is 49.0 Å². The summed E-state index contributed by atoms with van der Waals surface area (Å²) in [5.74, 6) is -0.215. The molecule has 2 heterocycles. The molecule has 0 radical (unpaired) electrons. The minimum Gasteiger partial charge on any atom is -0.493 e. The van der Waals surface area contributed by atoms with E-state index < -0.39 is 0 Å². The Morgan fingerprint density at radius 3 is 2.76 bits per heavy atom. The van der Waals surface area contributed by atoms with Gasteiger partial charge in [0.05, 0.1) is 28.4 Å². The first kappa shape index (κ1) is 18.9. The summed E-state index contributed by atoms with van der Waals surface area (Å²) in [7, 11) is 1.76. The molecule has 0 spiro atoms. The lowest BCUT2D eigenvalue weighted by atomic mass is 10.1. The Kier molecular flexibility index (Phi) is 5.14. The standard InChI is InChI=1S/C22H19N3O3S/c1-3-28-21(27)14-8-10-16(11-9-14)24-22-25(2)20(26)19(29-22)12-15-13-23-18-7-5-4-6-17(15)18/h4-13,26H,3H2,1-2H3/b15-12-,24-22?. The van der Waals surface area contributed by atoms with Gasteiger partial charge < -0.3 is 9.84 Å². The van der Waals surface area contributed by atoms with Crippen molar-refractivity contribution in [2.75, 3.05) is 6.61 Å². The Morgan fingerprint density at radius 2 is 2.00 bits per heavy atom. The van der Waals surface area contributed by atoms with Gasteiger partial charge in [0.1, 0.15) is 0 Å². The smallest absolute Gasteiger partial charge is 0.338 e. The van der Waals surface area contributed by atoms with Gasteiger partial charge in [-0.05, 0) is 43.3 Å². The maximum Gasteiger partial charge on any atom is 0.338 e. The minimum atomic E-state index is -0.356. The number of fused-ring (bicyclic) bond motifs is 1. The fourth-order valence-corrected chi connectivity index (χ4v) is 3.94. The largest absolute Gasteiger partial charge is 0.493 e. The molecule has 0 saturated heterocycles. The molecule has 0 unspecified atom stereocenters. The zero-order chi connectivity index (χ0) is 20.4. The monoisotopic (exact) mass is 405 g/mol. The summed E-state index contributed by atoms with van der Waals surface area (Å²) in [6.07, 6.45) is 3.72. The van der Waals surface area contributed by atoms with Gasteiger partial charge in [0.15, 0.2) is 4.80 Å². The number of hydrogen-bond donors (Lipinski definition) is 1. The van der Waals surface area contributed by atoms with E-state index in [4.69, 9.17) is 4.74 Å². The Hall–Kier alpha value is -3.45. The first-order chi connectivity index (χ1) is 14.1. The van der Waals surface area contributed by atoms with Gasteiger partial charge in [0.25, 0.3) is 0 Å². The normalized spacial score (nSPS) is 14.4. The third-order valence-corrected chi connectivity index (χ3v) is 5.54. The third kappa shape index (κ3) is 3.77. The highest BCUT2D eigenvalue weighted by Crippen LogP contribution is 2.34. The number of benzene rings is 2. The number of hydrogen-bond acceptors (Lipinski definition) is 6. The molecule has 2 aromatic carbocycles. The van der Waals surface area contributed by atoms with Gasteiger partial charge in [-0.2, -0.15) is 0 Å². The van der Waals surface area contributed by atoms with Crippen molar-refractivity contribution in [2.24, 2.45) is 17.0 Å². The Labute approximate surface area is 171 Å². The lowest BCUT2D eigenvalue weighted by Gasteiger charge is -2.01. The van der Waals surface area contributed by atoms with Crippen LogP contribution in [0.3, 0.4) is 0 Å². The van der Waals surface area contributed by atoms with E-state index in [0.717, 1.165) is 16.8 Å². The van der Waals surface area contributed by atoms with Crippen molar-refractivity contribution in [1.82, 2.24) is 4.57 Å². The topological polar surface area (TPSA) is 76.2 Å². The Bertz CT molecular complexity index is 1200. The number of aromatic nitrogens is 1. The summed E-state index contributed by atoms with van der Waals surface area (Å²) >= 11 is 1.38. The highest BCUT2D eigenvalue weighted by atomic mass is 32.1. The fourth-order valence-electron chi connectivity index (χ4n) is 2.95. The van der Waals surface area contributed by atoms with Gasteiger partial charge in [0.2, 0.25) is 5.88 Å². The first-order valence-corrected chi connectivity index (χ1v) is 9.94. The molecule has 146 valence electrons. The highest BCUT2D eigenvalue weighted by molar-refractivity contribution is 7.10. The number of aromatic hydroxyl groups is 1. The number of ether oxygens (including phenoxy) is 1. The number of carbonyl (C=O) groups is 1. The molecule has 1 aliphatic heterocycles. The van der Waals surface area contributed by atoms with Gasteiger partial charge in [-0.15, -0.1) is 0 Å². The number of nitrogens with zero attached hydrogens (tertiary/aromatic N) is 3. The second-order valence-electron chi connectivity index (χ2n) is 6.39. The van der Waals surface area contributed by atoms with Crippen LogP contribution in [0.4, 0.5) is 11.4 Å². The highest BCUT2D eigenvalue weighted by Gasteiger charge is 2.14. The minimum absolute atomic E-state index is 0.141. The number of aliphatic imine (C=N–C) groups is 1. The summed E-state index contributed by atoms with van der Waals surface area (Å²) in [6, 6.07) is 14.7. The van der Waals surface area contributed by atoms with Crippen LogP contribution in [0.15, 0.2) is 58.5 Å². The molecule has 7 heteroatoms. The summed E-state index contributed by atoms with van der Waals surface area (Å²) in [4.78, 5) is 22.1. The molecular formula is C22H19N3O3S. The van der Waals surface area contributed by atoms with Crippen molar-refractivity contribution in [1.29, 1.82) is 0 Å². The average molecular weight is 405 g/mol. The van der Waals surface area contributed by atoms with E-state index in [2.05, 4.69) is 9.98 Å². The van der Waals surface area contributed by atoms with Crippen LogP contribution in [-0.2, 0) is 11.8 Å². The van der Waals surface area contributed by atoms with E-state index in [1.165, 1.54) is 11.3 Å². The molecule has 0 saturated carbocycles. The second kappa shape index (κ2) is 7.89. The van der Waals surface area contributed by atoms with E-state index >= 15 is 0 Å². The molecule has 0 atom stereocenters. The summed E-state index contributed by atoms with van der Waals surface area (Å²) in [5, 5.41) is 10.5. The van der Waals surface area contributed by atoms with Crippen molar-refractivity contribution in [3.63, 3.8) is 0 Å². The zero-order valence-corrected chi connectivity index (χ0v) is 16.8. The van der Waals surface area contributed by atoms with Crippen molar-refractivity contribution >= 4 is 46.5 Å². The molecule has 0 fully saturated rings. The van der Waals surface area contributed by atoms with Crippen LogP contribution < -0.4 is 4.80 Å². The lowest BCUT2D eigenvalue weighted by Crippen LogP contribution is -2.08. The maximum atomic E-state index is 11.8. The van der Waals surface area contributed by atoms with Crippen LogP contribution in [0, 0.1) is 0 Å². The van der Waals surface area contributed by atoms with Gasteiger partial charge >= 0.3 is 5.97 Å². The molecule has 1 aromatic heterocycles. The molecule has 6 nitrogen and oxygen atoms in total. The molecule has 0 aliphatic carbocycles. The van der Waals surface area contributed by atoms with Gasteiger partial charge in [0, 0.05) is 24.4 Å². The quantitative estimate of drug-likeness (QED) is 0.651. The van der Waals surface area contributed by atoms with Crippen LogP contribution >= 0.6 is 11.3 Å². The fraction of sp³-hybridized carbons (Fsp3) is 0.136. The predicted octanol–water partition coefficient (Wildman–Crippen LogP) is 4.46. The Morgan fingerprint density at radius 1 is 1.24 bits per heavy atom. The number of thiazole rings is 1. The van der Waals surface area contributed by atoms with E-state index in [1.807, 2.05) is 30.3 Å². The van der Waals surface area contributed by atoms with Crippen LogP contribution in [0.2, 0.25) is 0 Å². The number of para-hydroxylation sites is 1. The van der Waals surface area contributed by atoms with E-state index in [-0.39, 0.29) is 11.8 Å². The first-order valence-electron chi connectivity index (χ1n) is 9.12. The van der Waals surface area contributed by atoms with Crippen LogP contribution in [0.1, 0.15) is 27.7 Å². The third-order valence-electron chi connectivity index (χ3n) is 4.47. The Balaban J connectivity index is 1.66.